The van der Waals surface area contributed by atoms with E-state index in [-0.39, 0.29) is 11.9 Å². The third-order valence-electron chi connectivity index (χ3n) is 2.42. The van der Waals surface area contributed by atoms with Crippen molar-refractivity contribution in [3.8, 4) is 5.95 Å². The van der Waals surface area contributed by atoms with Crippen molar-refractivity contribution in [1.29, 1.82) is 0 Å². The van der Waals surface area contributed by atoms with Gasteiger partial charge in [0.2, 0.25) is 23.8 Å². The van der Waals surface area contributed by atoms with Crippen molar-refractivity contribution in [1.82, 2.24) is 24.5 Å². The Morgan fingerprint density at radius 3 is 2.68 bits per heavy atom. The molecular weight excluding hydrogens is 248 g/mol. The van der Waals surface area contributed by atoms with Gasteiger partial charge in [0.1, 0.15) is 11.9 Å². The molecule has 2 heterocycles. The first-order valence-electron chi connectivity index (χ1n) is 5.46. The number of nitrogen functional groups attached to an aromatic ring is 1. The van der Waals surface area contributed by atoms with Crippen LogP contribution in [0.2, 0.25) is 0 Å². The van der Waals surface area contributed by atoms with E-state index >= 15 is 0 Å². The summed E-state index contributed by atoms with van der Waals surface area (Å²) in [6, 6.07) is 0. The Labute approximate surface area is 109 Å². The highest BCUT2D eigenvalue weighted by Crippen LogP contribution is 2.12. The van der Waals surface area contributed by atoms with Gasteiger partial charge in [-0.15, -0.1) is 0 Å². The van der Waals surface area contributed by atoms with Gasteiger partial charge in [0, 0.05) is 12.4 Å². The number of primary amides is 1. The van der Waals surface area contributed by atoms with Crippen molar-refractivity contribution in [2.45, 2.75) is 19.4 Å². The lowest BCUT2D eigenvalue weighted by molar-refractivity contribution is -0.121. The Balaban J connectivity index is 2.35. The molecule has 0 aliphatic carbocycles. The third kappa shape index (κ3) is 2.76. The SMILES string of the molecule is CC(C)(Nc1nc(N)nc(-n2ccnc2)n1)C(N)=O. The molecule has 0 saturated heterocycles. The van der Waals surface area contributed by atoms with E-state index in [1.54, 1.807) is 30.8 Å². The first-order valence-corrected chi connectivity index (χ1v) is 5.46. The molecular formula is C10H14N8O. The van der Waals surface area contributed by atoms with E-state index in [1.165, 1.54) is 6.33 Å². The first kappa shape index (κ1) is 12.7. The minimum Gasteiger partial charge on any atom is -0.368 e. The van der Waals surface area contributed by atoms with Crippen molar-refractivity contribution >= 4 is 17.8 Å². The summed E-state index contributed by atoms with van der Waals surface area (Å²) in [6.45, 7) is 3.23. The maximum atomic E-state index is 11.3. The molecule has 100 valence electrons. The topological polar surface area (TPSA) is 138 Å². The van der Waals surface area contributed by atoms with Crippen molar-refractivity contribution in [3.05, 3.63) is 18.7 Å². The number of amides is 1. The highest BCUT2D eigenvalue weighted by Gasteiger charge is 2.26. The van der Waals surface area contributed by atoms with Gasteiger partial charge in [-0.3, -0.25) is 9.36 Å². The van der Waals surface area contributed by atoms with Gasteiger partial charge in [0.25, 0.3) is 0 Å². The van der Waals surface area contributed by atoms with E-state index in [4.69, 9.17) is 11.5 Å². The quantitative estimate of drug-likeness (QED) is 0.663. The summed E-state index contributed by atoms with van der Waals surface area (Å²) in [5.74, 6) is -0.0371. The summed E-state index contributed by atoms with van der Waals surface area (Å²) in [4.78, 5) is 27.2. The monoisotopic (exact) mass is 262 g/mol. The van der Waals surface area contributed by atoms with Crippen molar-refractivity contribution in [3.63, 3.8) is 0 Å². The van der Waals surface area contributed by atoms with Crippen LogP contribution in [0.1, 0.15) is 13.8 Å². The van der Waals surface area contributed by atoms with Crippen LogP contribution in [0.15, 0.2) is 18.7 Å². The molecule has 9 nitrogen and oxygen atoms in total. The number of nitrogens with zero attached hydrogens (tertiary/aromatic N) is 5. The van der Waals surface area contributed by atoms with E-state index in [0.29, 0.717) is 5.95 Å². The van der Waals surface area contributed by atoms with E-state index in [0.717, 1.165) is 0 Å². The Bertz CT molecular complexity index is 592. The van der Waals surface area contributed by atoms with E-state index in [2.05, 4.69) is 25.3 Å². The lowest BCUT2D eigenvalue weighted by atomic mass is 10.1. The largest absolute Gasteiger partial charge is 0.368 e. The number of carbonyl (C=O) groups excluding carboxylic acids is 1. The molecule has 2 rings (SSSR count). The van der Waals surface area contributed by atoms with Gasteiger partial charge in [-0.2, -0.15) is 15.0 Å². The molecule has 0 unspecified atom stereocenters. The highest BCUT2D eigenvalue weighted by molar-refractivity contribution is 5.86. The Morgan fingerprint density at radius 1 is 1.37 bits per heavy atom. The van der Waals surface area contributed by atoms with Crippen LogP contribution in [0.3, 0.4) is 0 Å². The lowest BCUT2D eigenvalue weighted by Gasteiger charge is -2.22. The molecule has 0 bridgehead atoms. The summed E-state index contributed by atoms with van der Waals surface area (Å²) in [6.07, 6.45) is 4.77. The zero-order valence-electron chi connectivity index (χ0n) is 10.5. The van der Waals surface area contributed by atoms with Crippen LogP contribution >= 0.6 is 0 Å². The second-order valence-electron chi connectivity index (χ2n) is 4.40. The molecule has 0 aromatic carbocycles. The van der Waals surface area contributed by atoms with Crippen LogP contribution in [-0.4, -0.2) is 35.9 Å². The van der Waals surface area contributed by atoms with Crippen molar-refractivity contribution in [2.24, 2.45) is 5.73 Å². The van der Waals surface area contributed by atoms with Crippen molar-refractivity contribution < 1.29 is 4.79 Å². The van der Waals surface area contributed by atoms with Gasteiger partial charge < -0.3 is 16.8 Å². The molecule has 2 aromatic heterocycles. The molecule has 0 aliphatic heterocycles. The number of nitrogens with two attached hydrogens (primary N) is 2. The lowest BCUT2D eigenvalue weighted by Crippen LogP contribution is -2.45. The number of aromatic nitrogens is 5. The van der Waals surface area contributed by atoms with E-state index < -0.39 is 11.4 Å². The fourth-order valence-corrected chi connectivity index (χ4v) is 1.27. The molecule has 19 heavy (non-hydrogen) atoms. The fraction of sp³-hybridized carbons (Fsp3) is 0.300. The molecule has 0 spiro atoms. The van der Waals surface area contributed by atoms with Crippen LogP contribution in [-0.2, 0) is 4.79 Å². The Morgan fingerprint density at radius 2 is 2.11 bits per heavy atom. The summed E-state index contributed by atoms with van der Waals surface area (Å²) < 4.78 is 1.57. The van der Waals surface area contributed by atoms with Crippen LogP contribution in [0.4, 0.5) is 11.9 Å². The van der Waals surface area contributed by atoms with Crippen molar-refractivity contribution in [2.75, 3.05) is 11.1 Å². The minimum atomic E-state index is -1.000. The summed E-state index contributed by atoms with van der Waals surface area (Å²) >= 11 is 0. The Hall–Kier alpha value is -2.71. The average molecular weight is 262 g/mol. The predicted octanol–water partition coefficient (Wildman–Crippen LogP) is -0.685. The molecule has 0 saturated carbocycles. The molecule has 0 atom stereocenters. The second-order valence-corrected chi connectivity index (χ2v) is 4.40. The average Bonchev–Trinajstić information content (AvgIpc) is 2.80. The normalized spacial score (nSPS) is 11.3. The molecule has 5 N–H and O–H groups in total. The number of hydrogen-bond acceptors (Lipinski definition) is 7. The van der Waals surface area contributed by atoms with Gasteiger partial charge in [0.05, 0.1) is 0 Å². The maximum absolute atomic E-state index is 11.3. The van der Waals surface area contributed by atoms with Crippen LogP contribution in [0, 0.1) is 0 Å². The summed E-state index contributed by atoms with van der Waals surface area (Å²) in [7, 11) is 0. The number of rotatable bonds is 4. The van der Waals surface area contributed by atoms with Gasteiger partial charge in [-0.25, -0.2) is 4.98 Å². The zero-order valence-corrected chi connectivity index (χ0v) is 10.5. The molecule has 1 amide bonds. The van der Waals surface area contributed by atoms with Gasteiger partial charge >= 0.3 is 0 Å². The van der Waals surface area contributed by atoms with E-state index in [1.807, 2.05) is 0 Å². The maximum Gasteiger partial charge on any atom is 0.242 e. The van der Waals surface area contributed by atoms with Gasteiger partial charge in [-0.1, -0.05) is 0 Å². The summed E-state index contributed by atoms with van der Waals surface area (Å²) in [5.41, 5.74) is 9.88. The smallest absolute Gasteiger partial charge is 0.242 e. The number of carbonyl (C=O) groups is 1. The fourth-order valence-electron chi connectivity index (χ4n) is 1.27. The predicted molar refractivity (Wildman–Crippen MR) is 68.3 cm³/mol. The van der Waals surface area contributed by atoms with Gasteiger partial charge in [-0.05, 0) is 13.8 Å². The van der Waals surface area contributed by atoms with Gasteiger partial charge in [0.15, 0.2) is 0 Å². The first-order chi connectivity index (χ1) is 8.88. The molecule has 0 aliphatic rings. The molecule has 0 radical (unpaired) electrons. The minimum absolute atomic E-state index is 0.0291. The van der Waals surface area contributed by atoms with Crippen LogP contribution < -0.4 is 16.8 Å². The number of hydrogen-bond donors (Lipinski definition) is 3. The number of nitrogens with one attached hydrogen (secondary N) is 1. The number of anilines is 2. The Kier molecular flexibility index (Phi) is 3.03. The van der Waals surface area contributed by atoms with E-state index in [9.17, 15) is 4.79 Å². The standard InChI is InChI=1S/C10H14N8O/c1-10(2,6(11)19)17-8-14-7(12)15-9(16-8)18-4-3-13-5-18/h3-5H,1-2H3,(H2,11,19)(H3,12,14,15,16,17). The molecule has 0 fully saturated rings. The van der Waals surface area contributed by atoms with Crippen LogP contribution in [0.5, 0.6) is 0 Å². The second kappa shape index (κ2) is 4.52. The molecule has 2 aromatic rings. The molecule has 9 heteroatoms. The van der Waals surface area contributed by atoms with Crippen LogP contribution in [0.25, 0.3) is 5.95 Å². The summed E-state index contributed by atoms with van der Waals surface area (Å²) in [5, 5.41) is 2.81. The highest BCUT2D eigenvalue weighted by atomic mass is 16.1. The third-order valence-corrected chi connectivity index (χ3v) is 2.42. The number of imidazole rings is 1. The zero-order chi connectivity index (χ0) is 14.0.